The van der Waals surface area contributed by atoms with Crippen LogP contribution in [0.5, 0.6) is 0 Å². The molecule has 19 heavy (non-hydrogen) atoms. The molecule has 10 heteroatoms. The van der Waals surface area contributed by atoms with Crippen LogP contribution in [0, 0.1) is 0 Å². The van der Waals surface area contributed by atoms with Gasteiger partial charge in [-0.15, -0.1) is 5.10 Å². The van der Waals surface area contributed by atoms with E-state index < -0.39 is 10.0 Å². The van der Waals surface area contributed by atoms with Crippen LogP contribution in [-0.4, -0.2) is 23.4 Å². The van der Waals surface area contributed by atoms with E-state index in [0.29, 0.717) is 15.8 Å². The number of nitrogens with two attached hydrogens (primary N) is 1. The van der Waals surface area contributed by atoms with Crippen LogP contribution in [0.25, 0.3) is 0 Å². The van der Waals surface area contributed by atoms with Crippen molar-refractivity contribution in [2.75, 3.05) is 10.5 Å². The first kappa shape index (κ1) is 14.3. The third kappa shape index (κ3) is 2.90. The third-order valence-corrected chi connectivity index (χ3v) is 5.20. The molecule has 0 aliphatic carbocycles. The Morgan fingerprint density at radius 2 is 2.05 bits per heavy atom. The van der Waals surface area contributed by atoms with E-state index in [-0.39, 0.29) is 9.63 Å². The minimum Gasteiger partial charge on any atom is -0.398 e. The summed E-state index contributed by atoms with van der Waals surface area (Å²) < 4.78 is 28.8. The Hall–Kier alpha value is -1.13. The number of benzene rings is 1. The summed E-state index contributed by atoms with van der Waals surface area (Å²) in [4.78, 5) is 0. The maximum atomic E-state index is 12.2. The van der Waals surface area contributed by atoms with Crippen molar-refractivity contribution in [2.24, 2.45) is 7.05 Å². The summed E-state index contributed by atoms with van der Waals surface area (Å²) in [5.41, 5.74) is 6.54. The minimum atomic E-state index is -3.78. The highest BCUT2D eigenvalue weighted by atomic mass is 79.9. The van der Waals surface area contributed by atoms with E-state index in [2.05, 4.69) is 46.9 Å². The highest BCUT2D eigenvalue weighted by molar-refractivity contribution is 9.10. The van der Waals surface area contributed by atoms with Crippen LogP contribution in [0.2, 0.25) is 0 Å². The summed E-state index contributed by atoms with van der Waals surface area (Å²) in [5, 5.41) is 7.21. The van der Waals surface area contributed by atoms with E-state index in [1.54, 1.807) is 18.2 Å². The molecule has 0 saturated heterocycles. The molecule has 0 radical (unpaired) electrons. The fourth-order valence-corrected chi connectivity index (χ4v) is 3.93. The highest BCUT2D eigenvalue weighted by Gasteiger charge is 2.24. The fourth-order valence-electron chi connectivity index (χ4n) is 1.40. The number of sulfonamides is 1. The first-order chi connectivity index (χ1) is 8.81. The van der Waals surface area contributed by atoms with Gasteiger partial charge < -0.3 is 5.73 Å². The average Bonchev–Trinajstić information content (AvgIpc) is 2.64. The van der Waals surface area contributed by atoms with Gasteiger partial charge in [0.15, 0.2) is 4.60 Å². The summed E-state index contributed by atoms with van der Waals surface area (Å²) in [6, 6.07) is 4.73. The zero-order valence-corrected chi connectivity index (χ0v) is 13.6. The molecule has 0 amide bonds. The van der Waals surface area contributed by atoms with Crippen LogP contribution in [0.15, 0.2) is 32.3 Å². The Morgan fingerprint density at radius 1 is 1.37 bits per heavy atom. The van der Waals surface area contributed by atoms with Gasteiger partial charge in [0.25, 0.3) is 10.0 Å². The van der Waals surface area contributed by atoms with E-state index in [4.69, 9.17) is 5.73 Å². The Balaban J connectivity index is 2.39. The maximum absolute atomic E-state index is 12.2. The van der Waals surface area contributed by atoms with Gasteiger partial charge in [0.1, 0.15) is 0 Å². The molecule has 2 aromatic rings. The van der Waals surface area contributed by atoms with Crippen LogP contribution < -0.4 is 10.5 Å². The van der Waals surface area contributed by atoms with Crippen molar-refractivity contribution in [2.45, 2.75) is 5.03 Å². The molecule has 0 aliphatic rings. The first-order valence-corrected chi connectivity index (χ1v) is 8.01. The molecule has 0 fully saturated rings. The van der Waals surface area contributed by atoms with Gasteiger partial charge in [-0.1, -0.05) is 5.21 Å². The van der Waals surface area contributed by atoms with Crippen molar-refractivity contribution in [3.63, 3.8) is 0 Å². The zero-order chi connectivity index (χ0) is 14.2. The van der Waals surface area contributed by atoms with Crippen molar-refractivity contribution >= 4 is 53.3 Å². The number of nitrogen functional groups attached to an aromatic ring is 1. The van der Waals surface area contributed by atoms with Crippen LogP contribution in [0.3, 0.4) is 0 Å². The lowest BCUT2D eigenvalue weighted by Crippen LogP contribution is -2.17. The number of anilines is 2. The molecule has 102 valence electrons. The summed E-state index contributed by atoms with van der Waals surface area (Å²) in [5.74, 6) is 0. The second-order valence-electron chi connectivity index (χ2n) is 3.65. The molecular weight excluding hydrogens is 402 g/mol. The number of hydrogen-bond acceptors (Lipinski definition) is 5. The maximum Gasteiger partial charge on any atom is 0.281 e. The van der Waals surface area contributed by atoms with Crippen molar-refractivity contribution in [3.8, 4) is 0 Å². The van der Waals surface area contributed by atoms with Gasteiger partial charge in [0, 0.05) is 17.2 Å². The summed E-state index contributed by atoms with van der Waals surface area (Å²) in [6.07, 6.45) is 0. The number of halogens is 2. The Bertz CT molecular complexity index is 709. The lowest BCUT2D eigenvalue weighted by atomic mass is 10.3. The summed E-state index contributed by atoms with van der Waals surface area (Å²) in [6.45, 7) is 0. The quantitative estimate of drug-likeness (QED) is 0.750. The third-order valence-electron chi connectivity index (χ3n) is 2.24. The number of nitrogens with one attached hydrogen (secondary N) is 1. The van der Waals surface area contributed by atoms with E-state index in [1.165, 1.54) is 11.7 Å². The van der Waals surface area contributed by atoms with E-state index in [9.17, 15) is 8.42 Å². The number of nitrogens with zero attached hydrogens (tertiary/aromatic N) is 3. The van der Waals surface area contributed by atoms with Gasteiger partial charge in [-0.2, -0.15) is 8.42 Å². The standard InChI is InChI=1S/C9H9Br2N5O2S/c1-16-9(8(11)13-15-16)19(17,18)14-5-2-3-7(12)6(10)4-5/h2-4,14H,12H2,1H3. The average molecular weight is 411 g/mol. The molecule has 1 heterocycles. The molecule has 0 spiro atoms. The largest absolute Gasteiger partial charge is 0.398 e. The monoisotopic (exact) mass is 409 g/mol. The van der Waals surface area contributed by atoms with E-state index in [1.807, 2.05) is 0 Å². The summed E-state index contributed by atoms with van der Waals surface area (Å²) >= 11 is 6.28. The Morgan fingerprint density at radius 3 is 2.58 bits per heavy atom. The van der Waals surface area contributed by atoms with Crippen molar-refractivity contribution in [1.29, 1.82) is 0 Å². The van der Waals surface area contributed by atoms with Crippen LogP contribution in [-0.2, 0) is 17.1 Å². The molecule has 0 unspecified atom stereocenters. The Kier molecular flexibility index (Phi) is 3.83. The van der Waals surface area contributed by atoms with Crippen molar-refractivity contribution in [3.05, 3.63) is 27.3 Å². The molecule has 2 rings (SSSR count). The van der Waals surface area contributed by atoms with E-state index in [0.717, 1.165) is 0 Å². The molecule has 0 saturated carbocycles. The lowest BCUT2D eigenvalue weighted by molar-refractivity contribution is 0.578. The molecule has 1 aromatic carbocycles. The van der Waals surface area contributed by atoms with Gasteiger partial charge in [0.05, 0.1) is 5.69 Å². The SMILES string of the molecule is Cn1nnc(Br)c1S(=O)(=O)Nc1ccc(N)c(Br)c1. The molecular formula is C9H9Br2N5O2S. The Labute approximate surface area is 126 Å². The molecule has 1 aromatic heterocycles. The lowest BCUT2D eigenvalue weighted by Gasteiger charge is -2.09. The van der Waals surface area contributed by atoms with Gasteiger partial charge in [-0.25, -0.2) is 4.68 Å². The van der Waals surface area contributed by atoms with Crippen molar-refractivity contribution < 1.29 is 8.42 Å². The van der Waals surface area contributed by atoms with Crippen LogP contribution in [0.1, 0.15) is 0 Å². The summed E-state index contributed by atoms with van der Waals surface area (Å²) in [7, 11) is -2.29. The smallest absolute Gasteiger partial charge is 0.281 e. The molecule has 0 atom stereocenters. The molecule has 3 N–H and O–H groups in total. The topological polar surface area (TPSA) is 103 Å². The second-order valence-corrected chi connectivity index (χ2v) is 6.85. The minimum absolute atomic E-state index is 0.0551. The van der Waals surface area contributed by atoms with Gasteiger partial charge in [-0.05, 0) is 50.1 Å². The highest BCUT2D eigenvalue weighted by Crippen LogP contribution is 2.26. The van der Waals surface area contributed by atoms with Gasteiger partial charge in [-0.3, -0.25) is 4.72 Å². The van der Waals surface area contributed by atoms with Gasteiger partial charge in [0.2, 0.25) is 5.03 Å². The van der Waals surface area contributed by atoms with Crippen LogP contribution in [0.4, 0.5) is 11.4 Å². The molecule has 0 aliphatic heterocycles. The van der Waals surface area contributed by atoms with Crippen LogP contribution >= 0.6 is 31.9 Å². The second kappa shape index (κ2) is 5.10. The number of hydrogen-bond donors (Lipinski definition) is 2. The number of rotatable bonds is 3. The van der Waals surface area contributed by atoms with Crippen molar-refractivity contribution in [1.82, 2.24) is 15.0 Å². The fraction of sp³-hybridized carbons (Fsp3) is 0.111. The number of aromatic nitrogens is 3. The predicted octanol–water partition coefficient (Wildman–Crippen LogP) is 1.72. The molecule has 7 nitrogen and oxygen atoms in total. The normalized spacial score (nSPS) is 11.5. The number of aryl methyl sites for hydroxylation is 1. The van der Waals surface area contributed by atoms with E-state index >= 15 is 0 Å². The zero-order valence-electron chi connectivity index (χ0n) is 9.63. The first-order valence-electron chi connectivity index (χ1n) is 4.94. The van der Waals surface area contributed by atoms with Gasteiger partial charge >= 0.3 is 0 Å². The predicted molar refractivity (Wildman–Crippen MR) is 78.1 cm³/mol. The molecule has 0 bridgehead atoms.